The lowest BCUT2D eigenvalue weighted by Gasteiger charge is -2.20. The van der Waals surface area contributed by atoms with Crippen LogP contribution in [0.2, 0.25) is 5.02 Å². The molecule has 1 unspecified atom stereocenters. The third-order valence-electron chi connectivity index (χ3n) is 3.49. The van der Waals surface area contributed by atoms with Crippen molar-refractivity contribution in [3.63, 3.8) is 0 Å². The topological polar surface area (TPSA) is 21.3 Å². The molecule has 0 aliphatic heterocycles. The average Bonchev–Trinajstić information content (AvgIpc) is 2.58. The highest BCUT2D eigenvalue weighted by Gasteiger charge is 2.31. The molecule has 3 heteroatoms. The normalized spacial score (nSPS) is 22.5. The van der Waals surface area contributed by atoms with Gasteiger partial charge in [0.25, 0.3) is 0 Å². The predicted molar refractivity (Wildman–Crippen MR) is 73.0 cm³/mol. The fraction of sp³-hybridized carbons (Fsp3) is 0.571. The molecular weight excluding hydrogens is 234 g/mol. The minimum Gasteiger partial charge on any atom is -0.495 e. The molecule has 2 rings (SSSR count). The van der Waals surface area contributed by atoms with E-state index in [-0.39, 0.29) is 0 Å². The van der Waals surface area contributed by atoms with Crippen LogP contribution in [0, 0.1) is 5.41 Å². The molecule has 2 nitrogen and oxygen atoms in total. The molecule has 94 valence electrons. The number of hydrogen-bond donors (Lipinski definition) is 1. The summed E-state index contributed by atoms with van der Waals surface area (Å²) in [5, 5.41) is 4.29. The van der Waals surface area contributed by atoms with E-state index in [1.54, 1.807) is 7.11 Å². The van der Waals surface area contributed by atoms with Crippen LogP contribution in [0.1, 0.15) is 33.1 Å². The molecular formula is C14H20ClNO. The van der Waals surface area contributed by atoms with Crippen LogP contribution < -0.4 is 10.1 Å². The van der Waals surface area contributed by atoms with Crippen molar-refractivity contribution in [1.82, 2.24) is 0 Å². The maximum atomic E-state index is 6.02. The van der Waals surface area contributed by atoms with E-state index < -0.39 is 0 Å². The molecule has 0 saturated heterocycles. The van der Waals surface area contributed by atoms with Crippen LogP contribution >= 0.6 is 11.6 Å². The van der Waals surface area contributed by atoms with E-state index in [2.05, 4.69) is 19.2 Å². The Morgan fingerprint density at radius 2 is 2.18 bits per heavy atom. The van der Waals surface area contributed by atoms with Gasteiger partial charge in [-0.2, -0.15) is 0 Å². The molecule has 1 fully saturated rings. The Morgan fingerprint density at radius 3 is 2.76 bits per heavy atom. The summed E-state index contributed by atoms with van der Waals surface area (Å²) in [6.45, 7) is 4.65. The second-order valence-corrected chi connectivity index (χ2v) is 6.03. The maximum absolute atomic E-state index is 6.02. The van der Waals surface area contributed by atoms with Crippen molar-refractivity contribution < 1.29 is 4.74 Å². The van der Waals surface area contributed by atoms with Crippen LogP contribution in [0.25, 0.3) is 0 Å². The molecule has 1 N–H and O–H groups in total. The molecule has 0 heterocycles. The summed E-state index contributed by atoms with van der Waals surface area (Å²) in [6, 6.07) is 6.22. The van der Waals surface area contributed by atoms with Gasteiger partial charge in [-0.1, -0.05) is 25.4 Å². The Bertz CT molecular complexity index is 403. The quantitative estimate of drug-likeness (QED) is 0.865. The molecule has 1 atom stereocenters. The number of anilines is 1. The molecule has 1 aliphatic carbocycles. The monoisotopic (exact) mass is 253 g/mol. The van der Waals surface area contributed by atoms with Crippen molar-refractivity contribution in [2.45, 2.75) is 39.2 Å². The van der Waals surface area contributed by atoms with Crippen molar-refractivity contribution in [3.05, 3.63) is 23.2 Å². The highest BCUT2D eigenvalue weighted by atomic mass is 35.5. The van der Waals surface area contributed by atoms with E-state index in [1.807, 2.05) is 18.2 Å². The van der Waals surface area contributed by atoms with Crippen LogP contribution in [0.3, 0.4) is 0 Å². The zero-order valence-corrected chi connectivity index (χ0v) is 11.5. The Morgan fingerprint density at radius 1 is 1.41 bits per heavy atom. The van der Waals surface area contributed by atoms with E-state index >= 15 is 0 Å². The van der Waals surface area contributed by atoms with Gasteiger partial charge >= 0.3 is 0 Å². The van der Waals surface area contributed by atoms with Crippen LogP contribution in [0.4, 0.5) is 5.69 Å². The first kappa shape index (κ1) is 12.6. The van der Waals surface area contributed by atoms with Gasteiger partial charge in [0.1, 0.15) is 5.75 Å². The summed E-state index contributed by atoms with van der Waals surface area (Å²) in [5.41, 5.74) is 1.45. The number of hydrogen-bond acceptors (Lipinski definition) is 2. The van der Waals surface area contributed by atoms with E-state index in [1.165, 1.54) is 19.3 Å². The minimum atomic E-state index is 0.448. The molecule has 0 spiro atoms. The summed E-state index contributed by atoms with van der Waals surface area (Å²) in [7, 11) is 1.69. The number of rotatable bonds is 3. The number of ether oxygens (including phenoxy) is 1. The molecule has 1 aromatic rings. The third kappa shape index (κ3) is 3.06. The lowest BCUT2D eigenvalue weighted by atomic mass is 9.92. The van der Waals surface area contributed by atoms with Crippen LogP contribution in [0.15, 0.2) is 18.2 Å². The van der Waals surface area contributed by atoms with Gasteiger partial charge in [-0.15, -0.1) is 0 Å². The third-order valence-corrected chi connectivity index (χ3v) is 3.72. The number of nitrogens with one attached hydrogen (secondary N) is 1. The summed E-state index contributed by atoms with van der Waals surface area (Å²) < 4.78 is 5.34. The molecule has 0 amide bonds. The highest BCUT2D eigenvalue weighted by Crippen LogP contribution is 2.39. The van der Waals surface area contributed by atoms with Crippen LogP contribution in [-0.2, 0) is 0 Å². The standard InChI is InChI=1S/C14H20ClNO/c1-14(2)7-6-11(9-14)16-12-8-10(15)4-5-13(12)17-3/h4-5,8,11,16H,6-7,9H2,1-3H3. The van der Waals surface area contributed by atoms with E-state index in [4.69, 9.17) is 16.3 Å². The molecule has 1 aromatic carbocycles. The van der Waals surface area contributed by atoms with Gasteiger partial charge < -0.3 is 10.1 Å². The Balaban J connectivity index is 2.11. The SMILES string of the molecule is COc1ccc(Cl)cc1NC1CCC(C)(C)C1. The van der Waals surface area contributed by atoms with Gasteiger partial charge in [0.2, 0.25) is 0 Å². The summed E-state index contributed by atoms with van der Waals surface area (Å²) in [6.07, 6.45) is 3.68. The first-order valence-corrected chi connectivity index (χ1v) is 6.48. The molecule has 0 radical (unpaired) electrons. The van der Waals surface area contributed by atoms with Gasteiger partial charge in [0.05, 0.1) is 12.8 Å². The van der Waals surface area contributed by atoms with Crippen molar-refractivity contribution in [2.24, 2.45) is 5.41 Å². The van der Waals surface area contributed by atoms with Crippen molar-refractivity contribution >= 4 is 17.3 Å². The lowest BCUT2D eigenvalue weighted by Crippen LogP contribution is -2.17. The van der Waals surface area contributed by atoms with Gasteiger partial charge in [-0.3, -0.25) is 0 Å². The Hall–Kier alpha value is -0.890. The van der Waals surface area contributed by atoms with Crippen molar-refractivity contribution in [3.8, 4) is 5.75 Å². The lowest BCUT2D eigenvalue weighted by molar-refractivity contribution is 0.378. The van der Waals surface area contributed by atoms with Gasteiger partial charge in [0.15, 0.2) is 0 Å². The first-order chi connectivity index (χ1) is 8.00. The number of methoxy groups -OCH3 is 1. The van der Waals surface area contributed by atoms with Crippen LogP contribution in [-0.4, -0.2) is 13.2 Å². The van der Waals surface area contributed by atoms with E-state index in [9.17, 15) is 0 Å². The summed E-state index contributed by atoms with van der Waals surface area (Å²) >= 11 is 6.02. The second kappa shape index (κ2) is 4.77. The first-order valence-electron chi connectivity index (χ1n) is 6.10. The molecule has 1 aliphatic rings. The number of benzene rings is 1. The molecule has 0 aromatic heterocycles. The fourth-order valence-corrected chi connectivity index (χ4v) is 2.74. The summed E-state index contributed by atoms with van der Waals surface area (Å²) in [4.78, 5) is 0. The molecule has 1 saturated carbocycles. The van der Waals surface area contributed by atoms with Crippen LogP contribution in [0.5, 0.6) is 5.75 Å². The van der Waals surface area contributed by atoms with Crippen molar-refractivity contribution in [1.29, 1.82) is 0 Å². The highest BCUT2D eigenvalue weighted by molar-refractivity contribution is 6.30. The zero-order chi connectivity index (χ0) is 12.5. The maximum Gasteiger partial charge on any atom is 0.142 e. The zero-order valence-electron chi connectivity index (χ0n) is 10.7. The van der Waals surface area contributed by atoms with E-state index in [0.717, 1.165) is 16.5 Å². The average molecular weight is 254 g/mol. The van der Waals surface area contributed by atoms with Crippen molar-refractivity contribution in [2.75, 3.05) is 12.4 Å². The fourth-order valence-electron chi connectivity index (χ4n) is 2.57. The minimum absolute atomic E-state index is 0.448. The largest absolute Gasteiger partial charge is 0.495 e. The Labute approximate surface area is 108 Å². The second-order valence-electron chi connectivity index (χ2n) is 5.59. The van der Waals surface area contributed by atoms with E-state index in [0.29, 0.717) is 11.5 Å². The molecule has 0 bridgehead atoms. The Kier molecular flexibility index (Phi) is 3.53. The number of halogens is 1. The van der Waals surface area contributed by atoms with Gasteiger partial charge in [-0.25, -0.2) is 0 Å². The van der Waals surface area contributed by atoms with Gasteiger partial charge in [0, 0.05) is 11.1 Å². The smallest absolute Gasteiger partial charge is 0.142 e. The van der Waals surface area contributed by atoms with Gasteiger partial charge in [-0.05, 0) is 42.9 Å². The molecule has 17 heavy (non-hydrogen) atoms. The predicted octanol–water partition coefficient (Wildman–Crippen LogP) is 4.34. The summed E-state index contributed by atoms with van der Waals surface area (Å²) in [5.74, 6) is 0.860.